The molecule has 0 aliphatic carbocycles. The summed E-state index contributed by atoms with van der Waals surface area (Å²) in [5, 5.41) is 2.92. The number of hydrogen-bond donors (Lipinski definition) is 1. The first-order valence-electron chi connectivity index (χ1n) is 5.21. The van der Waals surface area contributed by atoms with Crippen LogP contribution in [0.1, 0.15) is 0 Å². The second-order valence-electron chi connectivity index (χ2n) is 3.43. The van der Waals surface area contributed by atoms with Crippen molar-refractivity contribution < 1.29 is 23.0 Å². The van der Waals surface area contributed by atoms with Crippen molar-refractivity contribution in [3.05, 3.63) is 22.2 Å². The summed E-state index contributed by atoms with van der Waals surface area (Å²) < 4.78 is 38.5. The fourth-order valence-corrected chi connectivity index (χ4v) is 1.90. The molecule has 19 heavy (non-hydrogen) atoms. The minimum absolute atomic E-state index is 0.0123. The quantitative estimate of drug-likeness (QED) is 0.780. The number of alkyl halides is 2. The van der Waals surface area contributed by atoms with E-state index in [-0.39, 0.29) is 15.8 Å². The van der Waals surface area contributed by atoms with Crippen LogP contribution in [0.5, 0.6) is 5.75 Å². The summed E-state index contributed by atoms with van der Waals surface area (Å²) in [5.41, 5.74) is 0.538. The first-order valence-corrected chi connectivity index (χ1v) is 5.96. The minimum Gasteiger partial charge on any atom is -0.432 e. The predicted octanol–water partition coefficient (Wildman–Crippen LogP) is 3.63. The molecule has 0 bridgehead atoms. The summed E-state index contributed by atoms with van der Waals surface area (Å²) in [6, 6.07) is 2.85. The zero-order valence-electron chi connectivity index (χ0n) is 10.3. The molecule has 1 rings (SSSR count). The number of halogens is 4. The van der Waals surface area contributed by atoms with Gasteiger partial charge in [-0.25, -0.2) is 0 Å². The summed E-state index contributed by atoms with van der Waals surface area (Å²) in [7, 11) is 2.99. The molecule has 1 N–H and O–H groups in total. The van der Waals surface area contributed by atoms with E-state index in [1.807, 2.05) is 0 Å². The molecule has 0 amide bonds. The van der Waals surface area contributed by atoms with E-state index in [9.17, 15) is 8.78 Å². The van der Waals surface area contributed by atoms with E-state index in [2.05, 4.69) is 10.1 Å². The van der Waals surface area contributed by atoms with Crippen LogP contribution in [-0.2, 0) is 9.47 Å². The molecule has 0 aliphatic rings. The Balaban J connectivity index is 2.77. The van der Waals surface area contributed by atoms with Crippen molar-refractivity contribution in [2.75, 3.05) is 26.1 Å². The normalized spacial score (nSPS) is 11.2. The zero-order chi connectivity index (χ0) is 14.4. The fraction of sp³-hybridized carbons (Fsp3) is 0.455. The number of benzene rings is 1. The van der Waals surface area contributed by atoms with Crippen molar-refractivity contribution in [2.24, 2.45) is 0 Å². The molecule has 108 valence electrons. The average Bonchev–Trinajstić information content (AvgIpc) is 2.35. The predicted molar refractivity (Wildman–Crippen MR) is 69.4 cm³/mol. The van der Waals surface area contributed by atoms with E-state index in [4.69, 9.17) is 32.7 Å². The first kappa shape index (κ1) is 16.2. The van der Waals surface area contributed by atoms with E-state index < -0.39 is 12.9 Å². The van der Waals surface area contributed by atoms with Crippen LogP contribution in [0.25, 0.3) is 0 Å². The maximum absolute atomic E-state index is 12.1. The molecule has 0 radical (unpaired) electrons. The Morgan fingerprint density at radius 1 is 1.16 bits per heavy atom. The van der Waals surface area contributed by atoms with E-state index in [0.29, 0.717) is 12.2 Å². The summed E-state index contributed by atoms with van der Waals surface area (Å²) in [4.78, 5) is 0. The Bertz CT molecular complexity index is 394. The highest BCUT2D eigenvalue weighted by Crippen LogP contribution is 2.36. The molecule has 0 fully saturated rings. The molecule has 0 heterocycles. The molecule has 0 unspecified atom stereocenters. The number of anilines is 1. The average molecular weight is 316 g/mol. The van der Waals surface area contributed by atoms with Gasteiger partial charge in [0.25, 0.3) is 0 Å². The van der Waals surface area contributed by atoms with E-state index in [1.54, 1.807) is 0 Å². The zero-order valence-corrected chi connectivity index (χ0v) is 11.8. The molecule has 0 atom stereocenters. The highest BCUT2D eigenvalue weighted by Gasteiger charge is 2.14. The smallest absolute Gasteiger partial charge is 0.387 e. The Morgan fingerprint density at radius 3 is 2.11 bits per heavy atom. The molecular formula is C11H13Cl2F2NO3. The Morgan fingerprint density at radius 2 is 1.68 bits per heavy atom. The van der Waals surface area contributed by atoms with Crippen LogP contribution in [-0.4, -0.2) is 33.7 Å². The van der Waals surface area contributed by atoms with Crippen LogP contribution in [0.3, 0.4) is 0 Å². The van der Waals surface area contributed by atoms with E-state index in [0.717, 1.165) is 0 Å². The number of methoxy groups -OCH3 is 2. The van der Waals surface area contributed by atoms with Gasteiger partial charge >= 0.3 is 6.61 Å². The molecule has 8 heteroatoms. The third-order valence-electron chi connectivity index (χ3n) is 2.20. The van der Waals surface area contributed by atoms with Gasteiger partial charge in [0, 0.05) is 19.9 Å². The summed E-state index contributed by atoms with van der Waals surface area (Å²) >= 11 is 11.6. The first-order chi connectivity index (χ1) is 8.97. The summed E-state index contributed by atoms with van der Waals surface area (Å²) in [6.45, 7) is -2.64. The fourth-order valence-electron chi connectivity index (χ4n) is 1.33. The highest BCUT2D eigenvalue weighted by atomic mass is 35.5. The lowest BCUT2D eigenvalue weighted by molar-refractivity contribution is -0.0914. The Kier molecular flexibility index (Phi) is 6.57. The summed E-state index contributed by atoms with van der Waals surface area (Å²) in [6.07, 6.45) is -0.449. The molecule has 0 saturated carbocycles. The molecule has 0 spiro atoms. The maximum Gasteiger partial charge on any atom is 0.387 e. The van der Waals surface area contributed by atoms with E-state index >= 15 is 0 Å². The lowest BCUT2D eigenvalue weighted by atomic mass is 10.3. The molecular weight excluding hydrogens is 303 g/mol. The van der Waals surface area contributed by atoms with Crippen LogP contribution >= 0.6 is 23.2 Å². The Labute approximate surface area is 119 Å². The minimum atomic E-state index is -2.99. The number of nitrogens with one attached hydrogen (secondary N) is 1. The van der Waals surface area contributed by atoms with Crippen LogP contribution in [0.2, 0.25) is 10.0 Å². The monoisotopic (exact) mass is 315 g/mol. The van der Waals surface area contributed by atoms with Crippen LogP contribution < -0.4 is 10.1 Å². The number of rotatable bonds is 7. The van der Waals surface area contributed by atoms with Crippen LogP contribution in [0.4, 0.5) is 14.5 Å². The molecule has 0 aromatic heterocycles. The largest absolute Gasteiger partial charge is 0.432 e. The highest BCUT2D eigenvalue weighted by molar-refractivity contribution is 6.37. The van der Waals surface area contributed by atoms with Crippen LogP contribution in [0, 0.1) is 0 Å². The van der Waals surface area contributed by atoms with Crippen molar-refractivity contribution in [1.29, 1.82) is 0 Å². The standard InChI is InChI=1S/C11H13Cl2F2NO3/c1-17-9(18-2)5-16-6-3-7(12)10(8(13)4-6)19-11(14)15/h3-4,9,11,16H,5H2,1-2H3. The lowest BCUT2D eigenvalue weighted by Crippen LogP contribution is -2.23. The van der Waals surface area contributed by atoms with Gasteiger partial charge in [0.1, 0.15) is 0 Å². The van der Waals surface area contributed by atoms with Gasteiger partial charge in [0.15, 0.2) is 12.0 Å². The van der Waals surface area contributed by atoms with Gasteiger partial charge in [-0.05, 0) is 12.1 Å². The second-order valence-corrected chi connectivity index (χ2v) is 4.24. The maximum atomic E-state index is 12.1. The van der Waals surface area contributed by atoms with Gasteiger partial charge in [-0.1, -0.05) is 23.2 Å². The molecule has 4 nitrogen and oxygen atoms in total. The van der Waals surface area contributed by atoms with Crippen molar-refractivity contribution in [3.8, 4) is 5.75 Å². The third-order valence-corrected chi connectivity index (χ3v) is 2.77. The molecule has 1 aromatic rings. The van der Waals surface area contributed by atoms with Gasteiger partial charge < -0.3 is 19.5 Å². The van der Waals surface area contributed by atoms with Crippen molar-refractivity contribution >= 4 is 28.9 Å². The van der Waals surface area contributed by atoms with Gasteiger partial charge in [-0.15, -0.1) is 0 Å². The topological polar surface area (TPSA) is 39.7 Å². The van der Waals surface area contributed by atoms with Crippen molar-refractivity contribution in [1.82, 2.24) is 0 Å². The third kappa shape index (κ3) is 4.99. The van der Waals surface area contributed by atoms with Crippen LogP contribution in [0.15, 0.2) is 12.1 Å². The van der Waals surface area contributed by atoms with Crippen molar-refractivity contribution in [3.63, 3.8) is 0 Å². The lowest BCUT2D eigenvalue weighted by Gasteiger charge is -2.16. The molecule has 1 aromatic carbocycles. The van der Waals surface area contributed by atoms with Gasteiger partial charge in [0.2, 0.25) is 0 Å². The number of ether oxygens (including phenoxy) is 3. The SMILES string of the molecule is COC(CNc1cc(Cl)c(OC(F)F)c(Cl)c1)OC. The van der Waals surface area contributed by atoms with Crippen molar-refractivity contribution in [2.45, 2.75) is 12.9 Å². The number of hydrogen-bond acceptors (Lipinski definition) is 4. The Hall–Kier alpha value is -0.820. The van der Waals surface area contributed by atoms with Gasteiger partial charge in [0.05, 0.1) is 16.6 Å². The van der Waals surface area contributed by atoms with E-state index in [1.165, 1.54) is 26.4 Å². The second kappa shape index (κ2) is 7.69. The summed E-state index contributed by atoms with van der Waals surface area (Å²) in [5.74, 6) is -0.251. The van der Waals surface area contributed by atoms with Gasteiger partial charge in [-0.2, -0.15) is 8.78 Å². The molecule has 0 saturated heterocycles. The van der Waals surface area contributed by atoms with Gasteiger partial charge in [-0.3, -0.25) is 0 Å². The molecule has 0 aliphatic heterocycles.